The van der Waals surface area contributed by atoms with Gasteiger partial charge in [-0.3, -0.25) is 9.59 Å². The van der Waals surface area contributed by atoms with Gasteiger partial charge in [0.2, 0.25) is 5.91 Å². The van der Waals surface area contributed by atoms with E-state index in [2.05, 4.69) is 10.6 Å². The van der Waals surface area contributed by atoms with Gasteiger partial charge in [0.1, 0.15) is 11.6 Å². The van der Waals surface area contributed by atoms with Crippen molar-refractivity contribution in [1.29, 1.82) is 0 Å². The maximum Gasteiger partial charge on any atom is 0.253 e. The molecule has 2 atom stereocenters. The van der Waals surface area contributed by atoms with E-state index >= 15 is 0 Å². The molecule has 0 bridgehead atoms. The predicted molar refractivity (Wildman–Crippen MR) is 97.1 cm³/mol. The van der Waals surface area contributed by atoms with E-state index < -0.39 is 0 Å². The number of hydrogen-bond donors (Lipinski definition) is 2. The number of ether oxygens (including phenoxy) is 1. The zero-order chi connectivity index (χ0) is 18.7. The van der Waals surface area contributed by atoms with Crippen LogP contribution in [0.25, 0.3) is 0 Å². The van der Waals surface area contributed by atoms with Gasteiger partial charge in [0, 0.05) is 42.3 Å². The molecule has 5 nitrogen and oxygen atoms in total. The van der Waals surface area contributed by atoms with Crippen LogP contribution < -0.4 is 15.4 Å². The molecule has 136 valence electrons. The minimum atomic E-state index is -0.370. The summed E-state index contributed by atoms with van der Waals surface area (Å²) in [6, 6.07) is 5.41. The number of anilines is 1. The lowest BCUT2D eigenvalue weighted by atomic mass is 9.78. The lowest BCUT2D eigenvalue weighted by Gasteiger charge is -2.30. The minimum Gasteiger partial charge on any atom is -0.497 e. The first-order valence-corrected chi connectivity index (χ1v) is 8.46. The van der Waals surface area contributed by atoms with E-state index in [0.717, 1.165) is 5.56 Å². The van der Waals surface area contributed by atoms with Crippen molar-refractivity contribution in [2.45, 2.75) is 19.8 Å². The minimum absolute atomic E-state index is 0.151. The van der Waals surface area contributed by atoms with Crippen LogP contribution in [0, 0.1) is 18.8 Å². The highest BCUT2D eigenvalue weighted by atomic mass is 19.1. The largest absolute Gasteiger partial charge is 0.497 e. The van der Waals surface area contributed by atoms with Gasteiger partial charge in [-0.25, -0.2) is 4.39 Å². The van der Waals surface area contributed by atoms with Crippen molar-refractivity contribution in [3.05, 3.63) is 59.6 Å². The van der Waals surface area contributed by atoms with E-state index in [0.29, 0.717) is 17.0 Å². The second kappa shape index (κ2) is 7.56. The molecule has 1 aliphatic carbocycles. The molecule has 0 radical (unpaired) electrons. The number of amides is 2. The summed E-state index contributed by atoms with van der Waals surface area (Å²) in [5.74, 6) is -0.690. The van der Waals surface area contributed by atoms with Crippen LogP contribution in [0.15, 0.2) is 54.0 Å². The fraction of sp³-hybridized carbons (Fsp3) is 0.300. The van der Waals surface area contributed by atoms with E-state index in [1.807, 2.05) is 25.1 Å². The number of methoxy groups -OCH3 is 1. The van der Waals surface area contributed by atoms with Gasteiger partial charge in [-0.05, 0) is 30.5 Å². The van der Waals surface area contributed by atoms with Crippen molar-refractivity contribution < 1.29 is 18.7 Å². The summed E-state index contributed by atoms with van der Waals surface area (Å²) in [7, 11) is 1.56. The standard InChI is InChI=1S/C20H21FN2O3/c1-12-6-7-15(26-2)9-18(12)23-20(25)17-11-22-19(24)10-16(17)13-4-3-5-14(21)8-13/h3-7,9,11,13,16H,8,10H2,1-2H3,(H,22,24)(H,23,25)/t13?,16-/m1/s1. The second-order valence-electron chi connectivity index (χ2n) is 6.48. The summed E-state index contributed by atoms with van der Waals surface area (Å²) in [5, 5.41) is 5.48. The summed E-state index contributed by atoms with van der Waals surface area (Å²) in [6.07, 6.45) is 6.67. The van der Waals surface area contributed by atoms with Gasteiger partial charge >= 0.3 is 0 Å². The summed E-state index contributed by atoms with van der Waals surface area (Å²) in [5.41, 5.74) is 1.97. The van der Waals surface area contributed by atoms with Crippen molar-refractivity contribution >= 4 is 17.5 Å². The van der Waals surface area contributed by atoms with Crippen LogP contribution in [0.2, 0.25) is 0 Å². The van der Waals surface area contributed by atoms with Crippen molar-refractivity contribution in [3.63, 3.8) is 0 Å². The summed E-state index contributed by atoms with van der Waals surface area (Å²) in [6.45, 7) is 1.88. The third-order valence-corrected chi connectivity index (χ3v) is 4.73. The number of rotatable bonds is 4. The molecule has 1 aliphatic heterocycles. The SMILES string of the molecule is COc1ccc(C)c(NC(=O)C2=CNC(=O)C[C@@H]2C2C=CC=C(F)C2)c1. The van der Waals surface area contributed by atoms with Crippen LogP contribution in [0.4, 0.5) is 10.1 Å². The maximum atomic E-state index is 13.7. The molecule has 2 N–H and O–H groups in total. The van der Waals surface area contributed by atoms with Crippen LogP contribution in [0.1, 0.15) is 18.4 Å². The fourth-order valence-electron chi connectivity index (χ4n) is 3.25. The number of benzene rings is 1. The Bertz CT molecular complexity index is 826. The lowest BCUT2D eigenvalue weighted by molar-refractivity contribution is -0.122. The molecule has 2 amide bonds. The quantitative estimate of drug-likeness (QED) is 0.869. The van der Waals surface area contributed by atoms with Crippen LogP contribution >= 0.6 is 0 Å². The molecule has 3 rings (SSSR count). The molecule has 1 unspecified atom stereocenters. The lowest BCUT2D eigenvalue weighted by Crippen LogP contribution is -2.36. The first-order valence-electron chi connectivity index (χ1n) is 8.46. The zero-order valence-electron chi connectivity index (χ0n) is 14.7. The Balaban J connectivity index is 1.83. The van der Waals surface area contributed by atoms with Crippen molar-refractivity contribution in [1.82, 2.24) is 5.32 Å². The van der Waals surface area contributed by atoms with Crippen LogP contribution in [0.5, 0.6) is 5.75 Å². The molecule has 2 aliphatic rings. The maximum absolute atomic E-state index is 13.7. The van der Waals surface area contributed by atoms with E-state index in [1.165, 1.54) is 12.3 Å². The van der Waals surface area contributed by atoms with Gasteiger partial charge in [-0.15, -0.1) is 0 Å². The zero-order valence-corrected chi connectivity index (χ0v) is 14.7. The van der Waals surface area contributed by atoms with Gasteiger partial charge < -0.3 is 15.4 Å². The van der Waals surface area contributed by atoms with Gasteiger partial charge in [0.15, 0.2) is 0 Å². The Hall–Kier alpha value is -2.89. The van der Waals surface area contributed by atoms with Crippen LogP contribution in [-0.4, -0.2) is 18.9 Å². The highest BCUT2D eigenvalue weighted by molar-refractivity contribution is 6.06. The van der Waals surface area contributed by atoms with Crippen LogP contribution in [-0.2, 0) is 9.59 Å². The molecule has 1 aromatic carbocycles. The van der Waals surface area contributed by atoms with E-state index in [-0.39, 0.29) is 42.3 Å². The second-order valence-corrected chi connectivity index (χ2v) is 6.48. The molecule has 26 heavy (non-hydrogen) atoms. The summed E-state index contributed by atoms with van der Waals surface area (Å²) < 4.78 is 18.9. The number of aryl methyl sites for hydroxylation is 1. The van der Waals surface area contributed by atoms with Gasteiger partial charge in [-0.1, -0.05) is 18.2 Å². The van der Waals surface area contributed by atoms with Crippen molar-refractivity contribution in [3.8, 4) is 5.75 Å². The third kappa shape index (κ3) is 3.85. The van der Waals surface area contributed by atoms with Crippen molar-refractivity contribution in [2.24, 2.45) is 11.8 Å². The molecule has 0 spiro atoms. The highest BCUT2D eigenvalue weighted by Gasteiger charge is 2.33. The number of carbonyl (C=O) groups is 2. The van der Waals surface area contributed by atoms with Gasteiger partial charge in [0.05, 0.1) is 7.11 Å². The molecule has 1 aromatic rings. The molecule has 0 saturated heterocycles. The molecule has 0 fully saturated rings. The smallest absolute Gasteiger partial charge is 0.253 e. The Morgan fingerprint density at radius 2 is 2.15 bits per heavy atom. The van der Waals surface area contributed by atoms with Gasteiger partial charge in [0.25, 0.3) is 5.91 Å². The van der Waals surface area contributed by atoms with E-state index in [1.54, 1.807) is 19.3 Å². The fourth-order valence-corrected chi connectivity index (χ4v) is 3.25. The Labute approximate surface area is 151 Å². The Kier molecular flexibility index (Phi) is 5.21. The van der Waals surface area contributed by atoms with Gasteiger partial charge in [-0.2, -0.15) is 0 Å². The molecule has 0 saturated carbocycles. The average Bonchev–Trinajstić information content (AvgIpc) is 2.63. The molecular formula is C20H21FN2O3. The first kappa shape index (κ1) is 17.9. The Morgan fingerprint density at radius 3 is 2.88 bits per heavy atom. The first-order chi connectivity index (χ1) is 12.5. The summed E-state index contributed by atoms with van der Waals surface area (Å²) in [4.78, 5) is 24.7. The topological polar surface area (TPSA) is 67.4 Å². The molecule has 6 heteroatoms. The Morgan fingerprint density at radius 1 is 1.35 bits per heavy atom. The number of hydrogen-bond acceptors (Lipinski definition) is 3. The highest BCUT2D eigenvalue weighted by Crippen LogP contribution is 2.35. The molecule has 0 aromatic heterocycles. The number of nitrogens with one attached hydrogen (secondary N) is 2. The molecular weight excluding hydrogens is 335 g/mol. The third-order valence-electron chi connectivity index (χ3n) is 4.73. The monoisotopic (exact) mass is 356 g/mol. The summed E-state index contributed by atoms with van der Waals surface area (Å²) >= 11 is 0. The van der Waals surface area contributed by atoms with E-state index in [4.69, 9.17) is 4.74 Å². The van der Waals surface area contributed by atoms with Crippen LogP contribution in [0.3, 0.4) is 0 Å². The number of carbonyl (C=O) groups excluding carboxylic acids is 2. The van der Waals surface area contributed by atoms with E-state index in [9.17, 15) is 14.0 Å². The molecule has 1 heterocycles. The number of halogens is 1. The normalized spacial score (nSPS) is 22.2. The number of allylic oxidation sites excluding steroid dienone is 4. The predicted octanol–water partition coefficient (Wildman–Crippen LogP) is 3.39. The van der Waals surface area contributed by atoms with Crippen molar-refractivity contribution in [2.75, 3.05) is 12.4 Å². The average molecular weight is 356 g/mol.